The second-order valence-electron chi connectivity index (χ2n) is 6.88. The zero-order chi connectivity index (χ0) is 20.1. The number of benzene rings is 1. The molecule has 1 aromatic heterocycles. The summed E-state index contributed by atoms with van der Waals surface area (Å²) in [5, 5.41) is 10.2. The van der Waals surface area contributed by atoms with Crippen molar-refractivity contribution < 1.29 is 14.5 Å². The number of anilines is 1. The van der Waals surface area contributed by atoms with Crippen LogP contribution >= 0.6 is 11.8 Å². The number of thioether (sulfide) groups is 1. The molecular weight excluding hydrogens is 374 g/mol. The number of quaternary nitrogens is 1. The lowest BCUT2D eigenvalue weighted by Gasteiger charge is -2.15. The molecule has 0 fully saturated rings. The molecule has 0 atom stereocenters. The fourth-order valence-electron chi connectivity index (χ4n) is 3.32. The summed E-state index contributed by atoms with van der Waals surface area (Å²) < 4.78 is 1.75. The van der Waals surface area contributed by atoms with E-state index < -0.39 is 11.8 Å². The van der Waals surface area contributed by atoms with Crippen LogP contribution in [-0.2, 0) is 21.1 Å². The van der Waals surface area contributed by atoms with Crippen LogP contribution in [0.25, 0.3) is 5.69 Å². The van der Waals surface area contributed by atoms with Crippen LogP contribution < -0.4 is 15.5 Å². The van der Waals surface area contributed by atoms with Gasteiger partial charge in [-0.05, 0) is 32.4 Å². The first-order valence-electron chi connectivity index (χ1n) is 9.72. The van der Waals surface area contributed by atoms with Gasteiger partial charge in [0.05, 0.1) is 37.6 Å². The molecule has 2 amide bonds. The van der Waals surface area contributed by atoms with Crippen molar-refractivity contribution in [3.8, 4) is 5.69 Å². The van der Waals surface area contributed by atoms with E-state index in [1.807, 2.05) is 31.2 Å². The van der Waals surface area contributed by atoms with Gasteiger partial charge < -0.3 is 15.5 Å². The first-order chi connectivity index (χ1) is 13.5. The second kappa shape index (κ2) is 9.25. The summed E-state index contributed by atoms with van der Waals surface area (Å²) >= 11 is 1.76. The number of para-hydroxylation sites is 1. The predicted molar refractivity (Wildman–Crippen MR) is 112 cm³/mol. The number of hydrogen-bond donors (Lipinski definition) is 3. The Bertz CT molecular complexity index is 860. The Morgan fingerprint density at radius 2 is 1.93 bits per heavy atom. The lowest BCUT2D eigenvalue weighted by Crippen LogP contribution is -3.12. The molecule has 3 rings (SSSR count). The third-order valence-electron chi connectivity index (χ3n) is 5.10. The van der Waals surface area contributed by atoms with E-state index in [1.54, 1.807) is 16.4 Å². The van der Waals surface area contributed by atoms with Gasteiger partial charge in [-0.15, -0.1) is 0 Å². The Morgan fingerprint density at radius 1 is 1.18 bits per heavy atom. The number of aryl methyl sites for hydroxylation is 1. The minimum Gasteiger partial charge on any atom is -0.342 e. The highest BCUT2D eigenvalue weighted by atomic mass is 32.2. The van der Waals surface area contributed by atoms with E-state index in [2.05, 4.69) is 29.6 Å². The van der Waals surface area contributed by atoms with Crippen molar-refractivity contribution in [2.24, 2.45) is 0 Å². The van der Waals surface area contributed by atoms with Crippen LogP contribution in [0.3, 0.4) is 0 Å². The number of likely N-dealkylation sites (N-methyl/N-ethyl adjacent to an activating group) is 1. The summed E-state index contributed by atoms with van der Waals surface area (Å²) in [5.74, 6) is 0.941. The maximum Gasteiger partial charge on any atom is 0.314 e. The number of rotatable bonds is 7. The van der Waals surface area contributed by atoms with Crippen LogP contribution in [0, 0.1) is 6.92 Å². The summed E-state index contributed by atoms with van der Waals surface area (Å²) in [4.78, 5) is 26.2. The Labute approximate surface area is 169 Å². The molecule has 1 aliphatic heterocycles. The van der Waals surface area contributed by atoms with Gasteiger partial charge in [0.2, 0.25) is 0 Å². The normalized spacial score (nSPS) is 12.9. The monoisotopic (exact) mass is 402 g/mol. The van der Waals surface area contributed by atoms with Crippen molar-refractivity contribution in [2.75, 3.05) is 31.5 Å². The van der Waals surface area contributed by atoms with Gasteiger partial charge in [-0.2, -0.15) is 16.9 Å². The van der Waals surface area contributed by atoms with Crippen LogP contribution in [0.4, 0.5) is 5.82 Å². The number of nitrogens with zero attached hydrogens (tertiary/aromatic N) is 2. The summed E-state index contributed by atoms with van der Waals surface area (Å²) in [7, 11) is 0. The summed E-state index contributed by atoms with van der Waals surface area (Å²) in [6, 6.07) is 7.88. The number of carbonyl (C=O) groups excluding carboxylic acids is 2. The van der Waals surface area contributed by atoms with Crippen LogP contribution in [0.15, 0.2) is 24.3 Å². The lowest BCUT2D eigenvalue weighted by atomic mass is 10.2. The van der Waals surface area contributed by atoms with E-state index in [0.29, 0.717) is 12.4 Å². The molecule has 2 heterocycles. The van der Waals surface area contributed by atoms with E-state index in [0.717, 1.165) is 53.6 Å². The molecule has 0 unspecified atom stereocenters. The SMILES string of the molecule is CC[NH+](CC)CCNC(=O)C(=O)Nc1c2c(nn1-c1ccccc1C)CSC2. The molecule has 1 aliphatic rings. The molecule has 0 radical (unpaired) electrons. The van der Waals surface area contributed by atoms with E-state index in [1.165, 1.54) is 4.90 Å². The standard InChI is InChI=1S/C20H27N5O2S/c1-4-24(5-2)11-10-21-19(26)20(27)22-18-15-12-28-13-16(15)23-25(18)17-9-7-6-8-14(17)3/h6-9H,4-5,10-13H2,1-3H3,(H,21,26)(H,22,27)/p+1. The highest BCUT2D eigenvalue weighted by molar-refractivity contribution is 7.98. The van der Waals surface area contributed by atoms with Gasteiger partial charge in [0.1, 0.15) is 5.82 Å². The minimum absolute atomic E-state index is 0.480. The smallest absolute Gasteiger partial charge is 0.314 e. The van der Waals surface area contributed by atoms with Crippen LogP contribution in [0.1, 0.15) is 30.7 Å². The van der Waals surface area contributed by atoms with Crippen molar-refractivity contribution in [2.45, 2.75) is 32.3 Å². The second-order valence-corrected chi connectivity index (χ2v) is 7.87. The van der Waals surface area contributed by atoms with Gasteiger partial charge in [-0.1, -0.05) is 18.2 Å². The lowest BCUT2D eigenvalue weighted by molar-refractivity contribution is -0.895. The molecule has 0 saturated heterocycles. The summed E-state index contributed by atoms with van der Waals surface area (Å²) in [6.45, 7) is 9.51. The molecular formula is C20H28N5O2S+. The van der Waals surface area contributed by atoms with Crippen LogP contribution in [0.5, 0.6) is 0 Å². The molecule has 7 nitrogen and oxygen atoms in total. The average molecular weight is 403 g/mol. The minimum atomic E-state index is -0.649. The number of aromatic nitrogens is 2. The molecule has 3 N–H and O–H groups in total. The highest BCUT2D eigenvalue weighted by Gasteiger charge is 2.26. The Balaban J connectivity index is 1.74. The van der Waals surface area contributed by atoms with Crippen LogP contribution in [-0.4, -0.2) is 47.8 Å². The molecule has 1 aromatic carbocycles. The van der Waals surface area contributed by atoms with Crippen molar-refractivity contribution >= 4 is 29.4 Å². The number of nitrogens with one attached hydrogen (secondary N) is 3. The predicted octanol–water partition coefficient (Wildman–Crippen LogP) is 0.907. The summed E-state index contributed by atoms with van der Waals surface area (Å²) in [5.41, 5.74) is 3.93. The topological polar surface area (TPSA) is 80.5 Å². The first-order valence-corrected chi connectivity index (χ1v) is 10.9. The average Bonchev–Trinajstić information content (AvgIpc) is 3.28. The highest BCUT2D eigenvalue weighted by Crippen LogP contribution is 2.36. The molecule has 0 saturated carbocycles. The zero-order valence-electron chi connectivity index (χ0n) is 16.7. The Kier molecular flexibility index (Phi) is 6.74. The van der Waals surface area contributed by atoms with E-state index in [4.69, 9.17) is 0 Å². The Morgan fingerprint density at radius 3 is 2.64 bits per heavy atom. The molecule has 150 valence electrons. The third-order valence-corrected chi connectivity index (χ3v) is 6.07. The number of fused-ring (bicyclic) bond motifs is 1. The molecule has 0 spiro atoms. The van der Waals surface area contributed by atoms with Gasteiger partial charge in [-0.3, -0.25) is 9.59 Å². The van der Waals surface area contributed by atoms with Gasteiger partial charge in [0.15, 0.2) is 0 Å². The van der Waals surface area contributed by atoms with Gasteiger partial charge >= 0.3 is 11.8 Å². The molecule has 2 aromatic rings. The molecule has 28 heavy (non-hydrogen) atoms. The maximum absolute atomic E-state index is 12.5. The quantitative estimate of drug-likeness (QED) is 0.602. The zero-order valence-corrected chi connectivity index (χ0v) is 17.5. The number of amides is 2. The van der Waals surface area contributed by atoms with E-state index in [9.17, 15) is 9.59 Å². The van der Waals surface area contributed by atoms with Gasteiger partial charge in [0.25, 0.3) is 0 Å². The largest absolute Gasteiger partial charge is 0.342 e. The number of hydrogen-bond acceptors (Lipinski definition) is 4. The maximum atomic E-state index is 12.5. The molecule has 0 bridgehead atoms. The van der Waals surface area contributed by atoms with Gasteiger partial charge in [-0.25, -0.2) is 4.68 Å². The fraction of sp³-hybridized carbons (Fsp3) is 0.450. The first kappa shape index (κ1) is 20.4. The van der Waals surface area contributed by atoms with Crippen molar-refractivity contribution in [1.29, 1.82) is 0 Å². The van der Waals surface area contributed by atoms with Crippen molar-refractivity contribution in [3.05, 3.63) is 41.1 Å². The van der Waals surface area contributed by atoms with E-state index >= 15 is 0 Å². The van der Waals surface area contributed by atoms with Crippen molar-refractivity contribution in [1.82, 2.24) is 15.1 Å². The van der Waals surface area contributed by atoms with E-state index in [-0.39, 0.29) is 0 Å². The molecule has 0 aliphatic carbocycles. The van der Waals surface area contributed by atoms with Gasteiger partial charge in [0, 0.05) is 17.1 Å². The van der Waals surface area contributed by atoms with Crippen molar-refractivity contribution in [3.63, 3.8) is 0 Å². The van der Waals surface area contributed by atoms with Crippen LogP contribution in [0.2, 0.25) is 0 Å². The summed E-state index contributed by atoms with van der Waals surface area (Å²) in [6.07, 6.45) is 0. The number of carbonyl (C=O) groups is 2. The third kappa shape index (κ3) is 4.39. The Hall–Kier alpha value is -2.32. The molecule has 8 heteroatoms. The fourth-order valence-corrected chi connectivity index (χ4v) is 4.35.